The summed E-state index contributed by atoms with van der Waals surface area (Å²) in [5.74, 6) is 0.637. The summed E-state index contributed by atoms with van der Waals surface area (Å²) in [6.07, 6.45) is 4.92. The van der Waals surface area contributed by atoms with Gasteiger partial charge in [-0.1, -0.05) is 6.07 Å². The molecule has 19 heavy (non-hydrogen) atoms. The first-order chi connectivity index (χ1) is 9.28. The first-order valence-electron chi connectivity index (χ1n) is 6.50. The lowest BCUT2D eigenvalue weighted by molar-refractivity contribution is 0.253. The monoisotopic (exact) mass is 256 g/mol. The van der Waals surface area contributed by atoms with Crippen LogP contribution in [0.3, 0.4) is 0 Å². The van der Waals surface area contributed by atoms with Crippen LogP contribution in [0.4, 0.5) is 5.82 Å². The first-order valence-corrected chi connectivity index (χ1v) is 6.50. The summed E-state index contributed by atoms with van der Waals surface area (Å²) in [6.45, 7) is 0.990. The van der Waals surface area contributed by atoms with Gasteiger partial charge in [0.1, 0.15) is 11.7 Å². The standard InChI is InChI=1S/C14H16N4O/c15-9-11-13(16-10-14(4-5-14)6-8-19)17-12-3-1-2-7-18(11)12/h1-3,7,16,19H,4-6,8,10H2. The quantitative estimate of drug-likeness (QED) is 0.855. The third kappa shape index (κ3) is 2.15. The Hall–Kier alpha value is -2.06. The maximum absolute atomic E-state index is 9.26. The van der Waals surface area contributed by atoms with Gasteiger partial charge in [0.25, 0.3) is 0 Å². The van der Waals surface area contributed by atoms with E-state index in [1.165, 1.54) is 0 Å². The lowest BCUT2D eigenvalue weighted by Gasteiger charge is -2.14. The summed E-state index contributed by atoms with van der Waals surface area (Å²) in [6, 6.07) is 7.86. The third-order valence-corrected chi connectivity index (χ3v) is 3.87. The molecule has 98 valence electrons. The number of imidazole rings is 1. The van der Waals surface area contributed by atoms with Gasteiger partial charge in [-0.3, -0.25) is 4.40 Å². The fraction of sp³-hybridized carbons (Fsp3) is 0.429. The largest absolute Gasteiger partial charge is 0.396 e. The van der Waals surface area contributed by atoms with Crippen LogP contribution in [-0.4, -0.2) is 27.6 Å². The number of aliphatic hydroxyl groups is 1. The van der Waals surface area contributed by atoms with Crippen molar-refractivity contribution in [3.05, 3.63) is 30.1 Å². The van der Waals surface area contributed by atoms with Gasteiger partial charge in [0.05, 0.1) is 0 Å². The SMILES string of the molecule is N#Cc1c(NCC2(CCO)CC2)nc2ccccn12. The molecule has 5 heteroatoms. The molecule has 0 bridgehead atoms. The minimum Gasteiger partial charge on any atom is -0.396 e. The van der Waals surface area contributed by atoms with Crippen molar-refractivity contribution in [1.29, 1.82) is 5.26 Å². The van der Waals surface area contributed by atoms with Crippen molar-refractivity contribution < 1.29 is 5.11 Å². The van der Waals surface area contributed by atoms with Gasteiger partial charge in [-0.15, -0.1) is 0 Å². The van der Waals surface area contributed by atoms with Gasteiger partial charge in [0, 0.05) is 19.3 Å². The van der Waals surface area contributed by atoms with E-state index in [9.17, 15) is 5.26 Å². The van der Waals surface area contributed by atoms with Crippen LogP contribution in [0.25, 0.3) is 5.65 Å². The number of nitriles is 1. The molecular weight excluding hydrogens is 240 g/mol. The minimum atomic E-state index is 0.206. The molecule has 0 aromatic carbocycles. The number of fused-ring (bicyclic) bond motifs is 1. The molecule has 0 atom stereocenters. The van der Waals surface area contributed by atoms with Gasteiger partial charge in [-0.05, 0) is 36.8 Å². The predicted octanol–water partition coefficient (Wildman–Crippen LogP) is 1.78. The average molecular weight is 256 g/mol. The van der Waals surface area contributed by atoms with Crippen molar-refractivity contribution in [3.8, 4) is 6.07 Å². The molecule has 0 spiro atoms. The highest BCUT2D eigenvalue weighted by molar-refractivity contribution is 5.59. The first kappa shape index (κ1) is 12.0. The van der Waals surface area contributed by atoms with E-state index in [-0.39, 0.29) is 12.0 Å². The molecule has 5 nitrogen and oxygen atoms in total. The van der Waals surface area contributed by atoms with Crippen LogP contribution in [0.5, 0.6) is 0 Å². The molecule has 0 unspecified atom stereocenters. The predicted molar refractivity (Wildman–Crippen MR) is 71.8 cm³/mol. The normalized spacial score (nSPS) is 16.2. The minimum absolute atomic E-state index is 0.206. The number of anilines is 1. The van der Waals surface area contributed by atoms with Crippen molar-refractivity contribution in [2.45, 2.75) is 19.3 Å². The van der Waals surface area contributed by atoms with Crippen molar-refractivity contribution in [1.82, 2.24) is 9.38 Å². The van der Waals surface area contributed by atoms with Crippen LogP contribution in [0.1, 0.15) is 25.0 Å². The zero-order valence-electron chi connectivity index (χ0n) is 10.6. The maximum Gasteiger partial charge on any atom is 0.168 e. The third-order valence-electron chi connectivity index (χ3n) is 3.87. The number of nitrogens with one attached hydrogen (secondary N) is 1. The van der Waals surface area contributed by atoms with E-state index in [0.29, 0.717) is 11.5 Å². The summed E-state index contributed by atoms with van der Waals surface area (Å²) in [7, 11) is 0. The van der Waals surface area contributed by atoms with Gasteiger partial charge in [0.2, 0.25) is 0 Å². The molecule has 1 fully saturated rings. The van der Waals surface area contributed by atoms with Crippen molar-refractivity contribution in [2.24, 2.45) is 5.41 Å². The van der Waals surface area contributed by atoms with Crippen molar-refractivity contribution in [3.63, 3.8) is 0 Å². The molecule has 2 heterocycles. The summed E-state index contributed by atoms with van der Waals surface area (Å²) in [5, 5.41) is 21.6. The molecule has 3 rings (SSSR count). The Morgan fingerprint density at radius 3 is 3.00 bits per heavy atom. The molecule has 2 aromatic heterocycles. The van der Waals surface area contributed by atoms with Crippen LogP contribution in [-0.2, 0) is 0 Å². The van der Waals surface area contributed by atoms with E-state index in [2.05, 4.69) is 16.4 Å². The molecule has 2 aromatic rings. The highest BCUT2D eigenvalue weighted by Crippen LogP contribution is 2.48. The number of hydrogen-bond acceptors (Lipinski definition) is 4. The Morgan fingerprint density at radius 1 is 1.47 bits per heavy atom. The number of hydrogen-bond donors (Lipinski definition) is 2. The topological polar surface area (TPSA) is 73.3 Å². The van der Waals surface area contributed by atoms with Crippen LogP contribution < -0.4 is 5.32 Å². The Labute approximate surface area is 111 Å². The molecule has 1 aliphatic carbocycles. The number of rotatable bonds is 5. The van der Waals surface area contributed by atoms with E-state index in [1.807, 2.05) is 24.4 Å². The Bertz CT molecular complexity index is 636. The maximum atomic E-state index is 9.26. The molecule has 0 amide bonds. The molecular formula is C14H16N4O. The highest BCUT2D eigenvalue weighted by atomic mass is 16.3. The fourth-order valence-electron chi connectivity index (χ4n) is 2.43. The van der Waals surface area contributed by atoms with E-state index < -0.39 is 0 Å². The van der Waals surface area contributed by atoms with Gasteiger partial charge in [0.15, 0.2) is 11.5 Å². The smallest absolute Gasteiger partial charge is 0.168 e. The summed E-state index contributed by atoms with van der Waals surface area (Å²) >= 11 is 0. The van der Waals surface area contributed by atoms with E-state index in [1.54, 1.807) is 4.40 Å². The molecule has 2 N–H and O–H groups in total. The van der Waals surface area contributed by atoms with Crippen molar-refractivity contribution >= 4 is 11.5 Å². The number of aliphatic hydroxyl groups excluding tert-OH is 1. The lowest BCUT2D eigenvalue weighted by atomic mass is 10.0. The van der Waals surface area contributed by atoms with Crippen molar-refractivity contribution in [2.75, 3.05) is 18.5 Å². The highest BCUT2D eigenvalue weighted by Gasteiger charge is 2.41. The second kappa shape index (κ2) is 4.56. The van der Waals surface area contributed by atoms with Crippen LogP contribution in [0, 0.1) is 16.7 Å². The Balaban J connectivity index is 1.83. The van der Waals surface area contributed by atoms with E-state index in [0.717, 1.165) is 31.5 Å². The number of aromatic nitrogens is 2. The zero-order valence-corrected chi connectivity index (χ0v) is 10.6. The summed E-state index contributed by atoms with van der Waals surface area (Å²) in [5.41, 5.74) is 1.51. The Kier molecular flexibility index (Phi) is 2.88. The second-order valence-electron chi connectivity index (χ2n) is 5.18. The lowest BCUT2D eigenvalue weighted by Crippen LogP contribution is -2.17. The molecule has 0 aliphatic heterocycles. The van der Waals surface area contributed by atoms with Crippen LogP contribution >= 0.6 is 0 Å². The molecule has 0 saturated heterocycles. The Morgan fingerprint density at radius 2 is 2.32 bits per heavy atom. The van der Waals surface area contributed by atoms with E-state index >= 15 is 0 Å². The molecule has 1 saturated carbocycles. The van der Waals surface area contributed by atoms with Gasteiger partial charge in [-0.2, -0.15) is 5.26 Å². The van der Waals surface area contributed by atoms with Crippen LogP contribution in [0.2, 0.25) is 0 Å². The molecule has 1 aliphatic rings. The zero-order chi connectivity index (χ0) is 13.3. The van der Waals surface area contributed by atoms with Gasteiger partial charge >= 0.3 is 0 Å². The number of pyridine rings is 1. The molecule has 0 radical (unpaired) electrons. The second-order valence-corrected chi connectivity index (χ2v) is 5.18. The van der Waals surface area contributed by atoms with Gasteiger partial charge in [-0.25, -0.2) is 4.98 Å². The summed E-state index contributed by atoms with van der Waals surface area (Å²) < 4.78 is 1.79. The number of nitrogens with zero attached hydrogens (tertiary/aromatic N) is 3. The average Bonchev–Trinajstić information content (AvgIpc) is 3.09. The van der Waals surface area contributed by atoms with Crippen LogP contribution in [0.15, 0.2) is 24.4 Å². The van der Waals surface area contributed by atoms with Gasteiger partial charge < -0.3 is 10.4 Å². The van der Waals surface area contributed by atoms with E-state index in [4.69, 9.17) is 5.11 Å². The fourth-order valence-corrected chi connectivity index (χ4v) is 2.43. The summed E-state index contributed by atoms with van der Waals surface area (Å²) in [4.78, 5) is 4.44.